The Hall–Kier alpha value is -1.03. The van der Waals surface area contributed by atoms with E-state index in [1.54, 1.807) is 13.8 Å². The van der Waals surface area contributed by atoms with Crippen molar-refractivity contribution in [1.29, 1.82) is 0 Å². The molecule has 1 unspecified atom stereocenters. The van der Waals surface area contributed by atoms with Crippen LogP contribution in [0.1, 0.15) is 26.7 Å². The minimum absolute atomic E-state index is 0.0428. The molecule has 0 aliphatic carbocycles. The summed E-state index contributed by atoms with van der Waals surface area (Å²) in [6, 6.07) is 0. The molecule has 1 N–H and O–H groups in total. The first-order chi connectivity index (χ1) is 7.05. The van der Waals surface area contributed by atoms with Gasteiger partial charge in [0.05, 0.1) is 6.61 Å². The number of ether oxygens (including phenoxy) is 1. The highest BCUT2D eigenvalue weighted by atomic mass is 35.5. The number of carboxylic acids is 1. The van der Waals surface area contributed by atoms with Crippen LogP contribution < -0.4 is 0 Å². The second-order valence-electron chi connectivity index (χ2n) is 3.03. The molecule has 0 aliphatic heterocycles. The molecule has 0 radical (unpaired) electrons. The normalized spacial score (nSPS) is 14.9. The van der Waals surface area contributed by atoms with E-state index < -0.39 is 17.4 Å². The molecule has 0 amide bonds. The minimum atomic E-state index is -1.51. The fourth-order valence-electron chi connectivity index (χ4n) is 1.21. The van der Waals surface area contributed by atoms with E-state index in [1.807, 2.05) is 0 Å². The van der Waals surface area contributed by atoms with E-state index in [0.29, 0.717) is 0 Å². The number of rotatable bonds is 6. The maximum atomic E-state index is 11.6. The Labute approximate surface area is 93.9 Å². The number of carboxylic acid groups (broad SMARTS) is 1. The van der Waals surface area contributed by atoms with Gasteiger partial charge in [0, 0.05) is 5.54 Å². The number of allylic oxidation sites excluding steroid dienone is 1. The lowest BCUT2D eigenvalue weighted by Gasteiger charge is -2.23. The van der Waals surface area contributed by atoms with Crippen LogP contribution in [0.4, 0.5) is 0 Å². The third kappa shape index (κ3) is 3.23. The molecule has 0 saturated heterocycles. The topological polar surface area (TPSA) is 63.6 Å². The van der Waals surface area contributed by atoms with E-state index >= 15 is 0 Å². The van der Waals surface area contributed by atoms with Gasteiger partial charge in [-0.05, 0) is 19.8 Å². The Bertz CT molecular complexity index is 262. The van der Waals surface area contributed by atoms with Crippen LogP contribution >= 0.6 is 11.6 Å². The van der Waals surface area contributed by atoms with Crippen LogP contribution in [-0.4, -0.2) is 23.7 Å². The van der Waals surface area contributed by atoms with Crippen molar-refractivity contribution in [2.45, 2.75) is 26.7 Å². The fourth-order valence-corrected chi connectivity index (χ4v) is 1.30. The molecule has 1 atom stereocenters. The zero-order valence-electron chi connectivity index (χ0n) is 8.83. The van der Waals surface area contributed by atoms with Crippen molar-refractivity contribution >= 4 is 23.5 Å². The molecule has 0 heterocycles. The van der Waals surface area contributed by atoms with Gasteiger partial charge in [-0.25, -0.2) is 0 Å². The van der Waals surface area contributed by atoms with Crippen LogP contribution in [0.15, 0.2) is 11.6 Å². The highest BCUT2D eigenvalue weighted by Gasteiger charge is 2.45. The Morgan fingerprint density at radius 1 is 1.47 bits per heavy atom. The van der Waals surface area contributed by atoms with Gasteiger partial charge in [-0.2, -0.15) is 0 Å². The molecule has 0 fully saturated rings. The van der Waals surface area contributed by atoms with Crippen LogP contribution in [-0.2, 0) is 14.3 Å². The van der Waals surface area contributed by atoms with Crippen LogP contribution in [0.25, 0.3) is 0 Å². The van der Waals surface area contributed by atoms with E-state index in [-0.39, 0.29) is 19.4 Å². The maximum Gasteiger partial charge on any atom is 0.323 e. The van der Waals surface area contributed by atoms with Gasteiger partial charge < -0.3 is 9.84 Å². The molecule has 0 aromatic rings. The fraction of sp³-hybridized carbons (Fsp3) is 0.600. The molecular formula is C10H15ClO4. The lowest BCUT2D eigenvalue weighted by atomic mass is 9.82. The summed E-state index contributed by atoms with van der Waals surface area (Å²) in [5.74, 6) is -1.90. The molecule has 4 nitrogen and oxygen atoms in total. The average Bonchev–Trinajstić information content (AvgIpc) is 2.19. The minimum Gasteiger partial charge on any atom is -0.480 e. The van der Waals surface area contributed by atoms with E-state index in [1.165, 1.54) is 11.6 Å². The highest BCUT2D eigenvalue weighted by Crippen LogP contribution is 2.29. The zero-order chi connectivity index (χ0) is 11.9. The monoisotopic (exact) mass is 234 g/mol. The van der Waals surface area contributed by atoms with Gasteiger partial charge in [0.25, 0.3) is 0 Å². The summed E-state index contributed by atoms with van der Waals surface area (Å²) < 4.78 is 4.76. The number of hydrogen-bond donors (Lipinski definition) is 1. The van der Waals surface area contributed by atoms with Gasteiger partial charge >= 0.3 is 11.9 Å². The van der Waals surface area contributed by atoms with E-state index in [2.05, 4.69) is 0 Å². The van der Waals surface area contributed by atoms with Crippen molar-refractivity contribution in [3.05, 3.63) is 11.6 Å². The molecular weight excluding hydrogens is 220 g/mol. The average molecular weight is 235 g/mol. The molecule has 86 valence electrons. The second kappa shape index (κ2) is 6.45. The van der Waals surface area contributed by atoms with Crippen LogP contribution in [0.5, 0.6) is 0 Å². The Balaban J connectivity index is 4.96. The van der Waals surface area contributed by atoms with E-state index in [4.69, 9.17) is 21.4 Å². The Morgan fingerprint density at radius 3 is 2.40 bits per heavy atom. The van der Waals surface area contributed by atoms with E-state index in [0.717, 1.165) is 0 Å². The number of carbonyl (C=O) groups is 2. The molecule has 0 bridgehead atoms. The van der Waals surface area contributed by atoms with Gasteiger partial charge in [0.15, 0.2) is 5.41 Å². The largest absolute Gasteiger partial charge is 0.480 e. The van der Waals surface area contributed by atoms with E-state index in [9.17, 15) is 9.59 Å². The number of aliphatic carboxylic acids is 1. The van der Waals surface area contributed by atoms with Crippen molar-refractivity contribution in [2.24, 2.45) is 5.41 Å². The summed E-state index contributed by atoms with van der Waals surface area (Å²) in [6.07, 6.45) is 1.65. The molecule has 0 spiro atoms. The number of esters is 1. The SMILES string of the molecule is CCOC(=O)C(CC)(C/C=C/Cl)C(=O)O. The molecule has 0 saturated carbocycles. The molecule has 0 rings (SSSR count). The third-order valence-electron chi connectivity index (χ3n) is 2.23. The Kier molecular flexibility index (Phi) is 6.01. The van der Waals surface area contributed by atoms with Gasteiger partial charge in [0.1, 0.15) is 0 Å². The van der Waals surface area contributed by atoms with Crippen molar-refractivity contribution in [3.8, 4) is 0 Å². The zero-order valence-corrected chi connectivity index (χ0v) is 9.58. The summed E-state index contributed by atoms with van der Waals surface area (Å²) >= 11 is 5.33. The summed E-state index contributed by atoms with van der Waals surface area (Å²) in [7, 11) is 0. The van der Waals surface area contributed by atoms with Gasteiger partial charge in [-0.1, -0.05) is 24.6 Å². The van der Waals surface area contributed by atoms with Crippen LogP contribution in [0.3, 0.4) is 0 Å². The lowest BCUT2D eigenvalue weighted by Crippen LogP contribution is -2.39. The number of halogens is 1. The number of carbonyl (C=O) groups excluding carboxylic acids is 1. The summed E-state index contributed by atoms with van der Waals surface area (Å²) in [5, 5.41) is 9.07. The van der Waals surface area contributed by atoms with Gasteiger partial charge in [0.2, 0.25) is 0 Å². The molecule has 15 heavy (non-hydrogen) atoms. The van der Waals surface area contributed by atoms with Crippen molar-refractivity contribution in [2.75, 3.05) is 6.61 Å². The van der Waals surface area contributed by atoms with Gasteiger partial charge in [-0.3, -0.25) is 9.59 Å². The van der Waals surface area contributed by atoms with Crippen molar-refractivity contribution in [1.82, 2.24) is 0 Å². The lowest BCUT2D eigenvalue weighted by molar-refractivity contribution is -0.168. The van der Waals surface area contributed by atoms with Crippen LogP contribution in [0, 0.1) is 5.41 Å². The quantitative estimate of drug-likeness (QED) is 0.565. The molecule has 0 aromatic heterocycles. The standard InChI is InChI=1S/C10H15ClO4/c1-3-10(8(12)13,6-5-7-11)9(14)15-4-2/h5,7H,3-4,6H2,1-2H3,(H,12,13)/b7-5+. The summed E-state index contributed by atoms with van der Waals surface area (Å²) in [4.78, 5) is 22.7. The first-order valence-electron chi connectivity index (χ1n) is 4.71. The molecule has 0 aromatic carbocycles. The van der Waals surface area contributed by atoms with Crippen molar-refractivity contribution < 1.29 is 19.4 Å². The number of hydrogen-bond acceptors (Lipinski definition) is 3. The Morgan fingerprint density at radius 2 is 2.07 bits per heavy atom. The van der Waals surface area contributed by atoms with Crippen molar-refractivity contribution in [3.63, 3.8) is 0 Å². The molecule has 5 heteroatoms. The summed E-state index contributed by atoms with van der Waals surface area (Å²) in [6.45, 7) is 3.43. The first-order valence-corrected chi connectivity index (χ1v) is 5.14. The third-order valence-corrected chi connectivity index (χ3v) is 2.41. The highest BCUT2D eigenvalue weighted by molar-refractivity contribution is 6.25. The maximum absolute atomic E-state index is 11.6. The predicted octanol–water partition coefficient (Wildman–Crippen LogP) is 2.17. The second-order valence-corrected chi connectivity index (χ2v) is 3.28. The molecule has 0 aliphatic rings. The first kappa shape index (κ1) is 14.0. The summed E-state index contributed by atoms with van der Waals surface area (Å²) in [5.41, 5.74) is -0.312. The van der Waals surface area contributed by atoms with Gasteiger partial charge in [-0.15, -0.1) is 0 Å². The van der Waals surface area contributed by atoms with Crippen LogP contribution in [0.2, 0.25) is 0 Å². The predicted molar refractivity (Wildman–Crippen MR) is 56.6 cm³/mol. The smallest absolute Gasteiger partial charge is 0.323 e.